The fourth-order valence-electron chi connectivity index (χ4n) is 1.84. The van der Waals surface area contributed by atoms with Crippen LogP contribution in [0.2, 0.25) is 0 Å². The maximum absolute atomic E-state index is 4.25. The number of rotatable bonds is 6. The maximum atomic E-state index is 4.25. The van der Waals surface area contributed by atoms with Crippen molar-refractivity contribution in [2.75, 3.05) is 5.32 Å². The Hall–Kier alpha value is -2.16. The first-order valence-corrected chi connectivity index (χ1v) is 6.08. The normalized spacial score (nSPS) is 11.8. The second-order valence-corrected chi connectivity index (χ2v) is 4.06. The van der Waals surface area contributed by atoms with Crippen molar-refractivity contribution in [2.45, 2.75) is 18.9 Å². The molecule has 3 nitrogen and oxygen atoms in total. The zero-order valence-corrected chi connectivity index (χ0v) is 10.3. The summed E-state index contributed by atoms with van der Waals surface area (Å²) in [5, 5.41) is 3.41. The first-order chi connectivity index (χ1) is 8.90. The summed E-state index contributed by atoms with van der Waals surface area (Å²) >= 11 is 0. The van der Waals surface area contributed by atoms with Gasteiger partial charge in [0, 0.05) is 12.4 Å². The van der Waals surface area contributed by atoms with E-state index in [0.717, 1.165) is 18.7 Å². The smallest absolute Gasteiger partial charge is 0.144 e. The lowest BCUT2D eigenvalue weighted by Crippen LogP contribution is -2.11. The number of nitrogens with one attached hydrogen (secondary N) is 1. The SMILES string of the molecule is C=CCCC(Nc1cnccn1)c1ccccc1. The number of anilines is 1. The number of hydrogen-bond donors (Lipinski definition) is 1. The van der Waals surface area contributed by atoms with Gasteiger partial charge in [0.1, 0.15) is 5.82 Å². The van der Waals surface area contributed by atoms with Crippen LogP contribution in [0.3, 0.4) is 0 Å². The Morgan fingerprint density at radius 1 is 1.22 bits per heavy atom. The van der Waals surface area contributed by atoms with Crippen molar-refractivity contribution in [3.05, 3.63) is 67.1 Å². The van der Waals surface area contributed by atoms with Crippen LogP contribution in [0, 0.1) is 0 Å². The molecule has 0 saturated carbocycles. The number of aromatic nitrogens is 2. The molecule has 1 atom stereocenters. The van der Waals surface area contributed by atoms with Gasteiger partial charge in [-0.3, -0.25) is 4.98 Å². The molecule has 1 heterocycles. The van der Waals surface area contributed by atoms with Crippen molar-refractivity contribution in [2.24, 2.45) is 0 Å². The van der Waals surface area contributed by atoms with Crippen molar-refractivity contribution in [1.82, 2.24) is 9.97 Å². The van der Waals surface area contributed by atoms with E-state index < -0.39 is 0 Å². The molecule has 0 spiro atoms. The molecule has 92 valence electrons. The Bertz CT molecular complexity index is 468. The lowest BCUT2D eigenvalue weighted by Gasteiger charge is -2.18. The van der Waals surface area contributed by atoms with Crippen LogP contribution < -0.4 is 5.32 Å². The third-order valence-corrected chi connectivity index (χ3v) is 2.75. The van der Waals surface area contributed by atoms with Gasteiger partial charge in [0.05, 0.1) is 12.2 Å². The largest absolute Gasteiger partial charge is 0.362 e. The third kappa shape index (κ3) is 3.42. The highest BCUT2D eigenvalue weighted by molar-refractivity contribution is 5.35. The highest BCUT2D eigenvalue weighted by Crippen LogP contribution is 2.22. The van der Waals surface area contributed by atoms with Crippen molar-refractivity contribution in [1.29, 1.82) is 0 Å². The van der Waals surface area contributed by atoms with E-state index in [4.69, 9.17) is 0 Å². The highest BCUT2D eigenvalue weighted by atomic mass is 15.0. The average molecular weight is 239 g/mol. The van der Waals surface area contributed by atoms with Gasteiger partial charge < -0.3 is 5.32 Å². The summed E-state index contributed by atoms with van der Waals surface area (Å²) in [6.07, 6.45) is 9.00. The Morgan fingerprint density at radius 2 is 2.06 bits per heavy atom. The molecule has 3 heteroatoms. The minimum absolute atomic E-state index is 0.237. The maximum Gasteiger partial charge on any atom is 0.144 e. The van der Waals surface area contributed by atoms with Crippen molar-refractivity contribution < 1.29 is 0 Å². The van der Waals surface area contributed by atoms with Crippen LogP contribution in [0.4, 0.5) is 5.82 Å². The van der Waals surface area contributed by atoms with Crippen LogP contribution in [0.15, 0.2) is 61.6 Å². The third-order valence-electron chi connectivity index (χ3n) is 2.75. The molecule has 1 N–H and O–H groups in total. The monoisotopic (exact) mass is 239 g/mol. The summed E-state index contributed by atoms with van der Waals surface area (Å²) in [7, 11) is 0. The van der Waals surface area contributed by atoms with Gasteiger partial charge in [0.2, 0.25) is 0 Å². The zero-order valence-electron chi connectivity index (χ0n) is 10.3. The summed E-state index contributed by atoms with van der Waals surface area (Å²) in [6, 6.07) is 10.6. The molecule has 1 unspecified atom stereocenters. The van der Waals surface area contributed by atoms with E-state index >= 15 is 0 Å². The van der Waals surface area contributed by atoms with Gasteiger partial charge in [-0.15, -0.1) is 6.58 Å². The standard InChI is InChI=1S/C15H17N3/c1-2-3-9-14(13-7-5-4-6-8-13)18-15-12-16-10-11-17-15/h2,4-8,10-12,14H,1,3,9H2,(H,17,18). The first-order valence-electron chi connectivity index (χ1n) is 6.08. The molecule has 2 rings (SSSR count). The Labute approximate surface area is 108 Å². The zero-order chi connectivity index (χ0) is 12.6. The van der Waals surface area contributed by atoms with Crippen LogP contribution in [-0.4, -0.2) is 9.97 Å². The van der Waals surface area contributed by atoms with Crippen molar-refractivity contribution in [3.8, 4) is 0 Å². The topological polar surface area (TPSA) is 37.8 Å². The fraction of sp³-hybridized carbons (Fsp3) is 0.200. The van der Waals surface area contributed by atoms with E-state index in [1.807, 2.05) is 12.1 Å². The van der Waals surface area contributed by atoms with Gasteiger partial charge in [-0.1, -0.05) is 36.4 Å². The van der Waals surface area contributed by atoms with E-state index in [1.165, 1.54) is 5.56 Å². The first kappa shape index (κ1) is 12.3. The van der Waals surface area contributed by atoms with Gasteiger partial charge >= 0.3 is 0 Å². The minimum Gasteiger partial charge on any atom is -0.362 e. The molecular formula is C15H17N3. The lowest BCUT2D eigenvalue weighted by atomic mass is 10.0. The molecule has 0 aliphatic heterocycles. The second-order valence-electron chi connectivity index (χ2n) is 4.06. The van der Waals surface area contributed by atoms with E-state index in [-0.39, 0.29) is 6.04 Å². The second kappa shape index (κ2) is 6.55. The van der Waals surface area contributed by atoms with E-state index in [9.17, 15) is 0 Å². The van der Waals surface area contributed by atoms with Gasteiger partial charge in [-0.25, -0.2) is 4.98 Å². The fourth-order valence-corrected chi connectivity index (χ4v) is 1.84. The molecule has 18 heavy (non-hydrogen) atoms. The minimum atomic E-state index is 0.237. The molecule has 0 aliphatic rings. The molecule has 1 aromatic heterocycles. The number of hydrogen-bond acceptors (Lipinski definition) is 3. The average Bonchev–Trinajstić information content (AvgIpc) is 2.45. The van der Waals surface area contributed by atoms with Crippen molar-refractivity contribution in [3.63, 3.8) is 0 Å². The van der Waals surface area contributed by atoms with Crippen molar-refractivity contribution >= 4 is 5.82 Å². The molecule has 0 fully saturated rings. The number of nitrogens with zero attached hydrogens (tertiary/aromatic N) is 2. The number of allylic oxidation sites excluding steroid dienone is 1. The van der Waals surface area contributed by atoms with E-state index in [0.29, 0.717) is 0 Å². The van der Waals surface area contributed by atoms with Crippen LogP contribution in [0.5, 0.6) is 0 Å². The molecule has 0 radical (unpaired) electrons. The molecule has 1 aromatic carbocycles. The summed E-state index contributed by atoms with van der Waals surface area (Å²) < 4.78 is 0. The van der Waals surface area contributed by atoms with Crippen LogP contribution >= 0.6 is 0 Å². The summed E-state index contributed by atoms with van der Waals surface area (Å²) in [6.45, 7) is 3.78. The van der Waals surface area contributed by atoms with Gasteiger partial charge in [-0.05, 0) is 18.4 Å². The van der Waals surface area contributed by atoms with Gasteiger partial charge in [-0.2, -0.15) is 0 Å². The highest BCUT2D eigenvalue weighted by Gasteiger charge is 2.10. The quantitative estimate of drug-likeness (QED) is 0.783. The van der Waals surface area contributed by atoms with E-state index in [1.54, 1.807) is 18.6 Å². The van der Waals surface area contributed by atoms with Crippen LogP contribution in [0.25, 0.3) is 0 Å². The van der Waals surface area contributed by atoms with Gasteiger partial charge in [0.15, 0.2) is 0 Å². The molecule has 0 amide bonds. The lowest BCUT2D eigenvalue weighted by molar-refractivity contribution is 0.701. The molecule has 2 aromatic rings. The Balaban J connectivity index is 2.13. The van der Waals surface area contributed by atoms with Crippen LogP contribution in [0.1, 0.15) is 24.4 Å². The predicted molar refractivity (Wildman–Crippen MR) is 74.3 cm³/mol. The van der Waals surface area contributed by atoms with Gasteiger partial charge in [0.25, 0.3) is 0 Å². The number of benzene rings is 1. The molecule has 0 saturated heterocycles. The Morgan fingerprint density at radius 3 is 2.72 bits per heavy atom. The summed E-state index contributed by atoms with van der Waals surface area (Å²) in [5.41, 5.74) is 1.25. The summed E-state index contributed by atoms with van der Waals surface area (Å²) in [4.78, 5) is 8.32. The molecule has 0 bridgehead atoms. The van der Waals surface area contributed by atoms with Crippen LogP contribution in [-0.2, 0) is 0 Å². The predicted octanol–water partition coefficient (Wildman–Crippen LogP) is 3.60. The molecule has 0 aliphatic carbocycles. The molecular weight excluding hydrogens is 222 g/mol. The Kier molecular flexibility index (Phi) is 4.47. The summed E-state index contributed by atoms with van der Waals surface area (Å²) in [5.74, 6) is 0.801. The van der Waals surface area contributed by atoms with E-state index in [2.05, 4.69) is 46.1 Å².